The topological polar surface area (TPSA) is 79.0 Å². The Morgan fingerprint density at radius 3 is 1.61 bits per heavy atom. The van der Waals surface area contributed by atoms with E-state index in [4.69, 9.17) is 20.8 Å². The molecule has 0 atom stereocenters. The first kappa shape index (κ1) is 27.8. The predicted octanol–water partition coefficient (Wildman–Crippen LogP) is 4.78. The van der Waals surface area contributed by atoms with Gasteiger partial charge in [0.15, 0.2) is 0 Å². The summed E-state index contributed by atoms with van der Waals surface area (Å²) >= 11 is 0. The third-order valence-electron chi connectivity index (χ3n) is 3.31. The van der Waals surface area contributed by atoms with Gasteiger partial charge in [-0.1, -0.05) is 51.8 Å². The van der Waals surface area contributed by atoms with Gasteiger partial charge in [-0.25, -0.2) is 0 Å². The van der Waals surface area contributed by atoms with Crippen molar-refractivity contribution < 1.29 is 42.0 Å². The molecule has 0 unspecified atom stereocenters. The summed E-state index contributed by atoms with van der Waals surface area (Å²) in [5, 5.41) is 0. The normalized spacial score (nSPS) is 16.3. The molecule has 1 aromatic heterocycles. The molecule has 1 aliphatic heterocycles. The van der Waals surface area contributed by atoms with Crippen molar-refractivity contribution in [3.05, 3.63) is 29.8 Å². The van der Waals surface area contributed by atoms with Crippen molar-refractivity contribution in [1.29, 1.82) is 0 Å². The standard InChI is InChI=1S/C11H16BN2O2.2C2H6.CH4N.Y/c1-10(2)11(3,4)16-12(15-10)8-5-6-9(13)14-7-8;3*1-2;/h5-7H,1-4H3,(H-,13,14);2*1-2H3;2H,1H3;/q-1;;;-1;. The summed E-state index contributed by atoms with van der Waals surface area (Å²) in [6.45, 7) is 16.1. The quantitative estimate of drug-likeness (QED) is 0.639. The maximum atomic E-state index is 7.33. The van der Waals surface area contributed by atoms with Crippen molar-refractivity contribution in [2.45, 2.75) is 66.6 Å². The van der Waals surface area contributed by atoms with Crippen molar-refractivity contribution >= 4 is 18.4 Å². The largest absolute Gasteiger partial charge is 0.680 e. The fourth-order valence-corrected chi connectivity index (χ4v) is 1.52. The zero-order valence-electron chi connectivity index (χ0n) is 16.2. The van der Waals surface area contributed by atoms with Gasteiger partial charge in [-0.2, -0.15) is 7.05 Å². The SMILES string of the molecule is CC.CC.CC1(C)OB(c2ccc([NH-])nc2)OC1(C)C.C[NH-].[Y]. The minimum Gasteiger partial charge on any atom is -0.680 e. The second kappa shape index (κ2) is 13.3. The molecule has 1 radical (unpaired) electrons. The van der Waals surface area contributed by atoms with Crippen molar-refractivity contribution in [3.8, 4) is 0 Å². The molecule has 0 aliphatic carbocycles. The van der Waals surface area contributed by atoms with E-state index < -0.39 is 7.12 Å². The Bertz CT molecular complexity index is 385. The van der Waals surface area contributed by atoms with Gasteiger partial charge < -0.3 is 25.8 Å². The van der Waals surface area contributed by atoms with Crippen molar-refractivity contribution in [2.75, 3.05) is 7.05 Å². The summed E-state index contributed by atoms with van der Waals surface area (Å²) in [4.78, 5) is 3.93. The summed E-state index contributed by atoms with van der Waals surface area (Å²) in [7, 11) is 0.859. The molecule has 2 heterocycles. The minimum absolute atomic E-state index is 0. The van der Waals surface area contributed by atoms with Gasteiger partial charge in [-0.15, -0.1) is 0 Å². The van der Waals surface area contributed by atoms with Gasteiger partial charge in [-0.3, -0.25) is 0 Å². The average Bonchev–Trinajstić information content (AvgIpc) is 2.74. The van der Waals surface area contributed by atoms with Crippen LogP contribution in [-0.4, -0.2) is 30.4 Å². The molecule has 2 rings (SSSR count). The third-order valence-corrected chi connectivity index (χ3v) is 3.31. The van der Waals surface area contributed by atoms with E-state index in [1.165, 1.54) is 7.05 Å². The smallest absolute Gasteiger partial charge is 0.494 e. The Morgan fingerprint density at radius 2 is 1.30 bits per heavy atom. The van der Waals surface area contributed by atoms with E-state index >= 15 is 0 Å². The van der Waals surface area contributed by atoms with Gasteiger partial charge in [0, 0.05) is 32.7 Å². The first-order chi connectivity index (χ1) is 10.3. The molecule has 0 aromatic carbocycles. The maximum absolute atomic E-state index is 7.33. The number of nitrogens with zero attached hydrogens (tertiary/aromatic N) is 1. The molecular weight excluding hydrogens is 366 g/mol. The van der Waals surface area contributed by atoms with Crippen LogP contribution >= 0.6 is 0 Å². The second-order valence-corrected chi connectivity index (χ2v) is 5.07. The Labute approximate surface area is 168 Å². The van der Waals surface area contributed by atoms with Gasteiger partial charge >= 0.3 is 7.12 Å². The van der Waals surface area contributed by atoms with Crippen molar-refractivity contribution in [1.82, 2.24) is 4.98 Å². The van der Waals surface area contributed by atoms with Gasteiger partial charge in [0.2, 0.25) is 0 Å². The number of aromatic nitrogens is 1. The van der Waals surface area contributed by atoms with E-state index in [0.717, 1.165) is 5.46 Å². The fourth-order valence-electron chi connectivity index (χ4n) is 1.52. The van der Waals surface area contributed by atoms with Gasteiger partial charge in [0.25, 0.3) is 0 Å². The van der Waals surface area contributed by atoms with Crippen LogP contribution in [-0.2, 0) is 42.0 Å². The Hall–Kier alpha value is -0.00117. The van der Waals surface area contributed by atoms with Crippen LogP contribution in [0.4, 0.5) is 5.82 Å². The minimum atomic E-state index is -0.391. The van der Waals surface area contributed by atoms with Crippen LogP contribution in [0.5, 0.6) is 0 Å². The van der Waals surface area contributed by atoms with Crippen LogP contribution in [0, 0.1) is 0 Å². The number of rotatable bonds is 1. The molecule has 0 amide bonds. The molecule has 1 fully saturated rings. The van der Waals surface area contributed by atoms with Crippen molar-refractivity contribution in [3.63, 3.8) is 0 Å². The van der Waals surface area contributed by atoms with Crippen LogP contribution in [0.3, 0.4) is 0 Å². The van der Waals surface area contributed by atoms with E-state index in [1.807, 2.05) is 61.5 Å². The first-order valence-corrected chi connectivity index (χ1v) is 7.85. The average molecular weight is 398 g/mol. The predicted molar refractivity (Wildman–Crippen MR) is 96.9 cm³/mol. The molecule has 7 heteroatoms. The van der Waals surface area contributed by atoms with Crippen LogP contribution in [0.25, 0.3) is 11.5 Å². The first-order valence-electron chi connectivity index (χ1n) is 7.85. The molecule has 23 heavy (non-hydrogen) atoms. The van der Waals surface area contributed by atoms with E-state index in [-0.39, 0.29) is 49.7 Å². The summed E-state index contributed by atoms with van der Waals surface area (Å²) in [5.74, 6) is 0.250. The third kappa shape index (κ3) is 8.08. The number of pyridine rings is 1. The maximum Gasteiger partial charge on any atom is 0.494 e. The fraction of sp³-hybridized carbons (Fsp3) is 0.688. The van der Waals surface area contributed by atoms with Crippen LogP contribution in [0.2, 0.25) is 0 Å². The second-order valence-electron chi connectivity index (χ2n) is 5.07. The molecule has 5 nitrogen and oxygen atoms in total. The monoisotopic (exact) mass is 398 g/mol. The van der Waals surface area contributed by atoms with Crippen LogP contribution in [0.15, 0.2) is 18.3 Å². The van der Waals surface area contributed by atoms with Crippen LogP contribution < -0.4 is 5.46 Å². The zero-order chi connectivity index (χ0) is 18.0. The summed E-state index contributed by atoms with van der Waals surface area (Å²) in [6.07, 6.45) is 1.63. The summed E-state index contributed by atoms with van der Waals surface area (Å²) in [5.41, 5.74) is 13.3. The molecule has 0 saturated carbocycles. The molecule has 0 spiro atoms. The summed E-state index contributed by atoms with van der Waals surface area (Å²) in [6, 6.07) is 3.46. The van der Waals surface area contributed by atoms with Gasteiger partial charge in [0.05, 0.1) is 11.2 Å². The zero-order valence-corrected chi connectivity index (χ0v) is 19.0. The van der Waals surface area contributed by atoms with Crippen LogP contribution in [0.1, 0.15) is 55.4 Å². The Morgan fingerprint density at radius 1 is 0.913 bits per heavy atom. The van der Waals surface area contributed by atoms with Gasteiger partial charge in [-0.05, 0) is 33.2 Å². The van der Waals surface area contributed by atoms with E-state index in [1.54, 1.807) is 12.3 Å². The van der Waals surface area contributed by atoms with E-state index in [0.29, 0.717) is 0 Å². The van der Waals surface area contributed by atoms with Gasteiger partial charge in [0.1, 0.15) is 0 Å². The Balaban J connectivity index is -0.000000514. The van der Waals surface area contributed by atoms with E-state index in [9.17, 15) is 0 Å². The summed E-state index contributed by atoms with van der Waals surface area (Å²) < 4.78 is 11.7. The molecular formula is C16H32BN3O2Y-2. The van der Waals surface area contributed by atoms with Crippen molar-refractivity contribution in [2.24, 2.45) is 0 Å². The number of nitrogens with one attached hydrogen (secondary N) is 2. The molecule has 1 aliphatic rings. The molecule has 0 bridgehead atoms. The van der Waals surface area contributed by atoms with E-state index in [2.05, 4.69) is 4.98 Å². The Kier molecular flexibility index (Phi) is 16.1. The molecule has 131 valence electrons. The molecule has 2 N–H and O–H groups in total. The molecule has 1 saturated heterocycles. The number of hydrogen-bond donors (Lipinski definition) is 0. The molecule has 1 aromatic rings. The number of hydrogen-bond acceptors (Lipinski definition) is 3.